The quantitative estimate of drug-likeness (QED) is 0.289. The summed E-state index contributed by atoms with van der Waals surface area (Å²) in [7, 11) is 4.62. The van der Waals surface area contributed by atoms with Crippen LogP contribution in [-0.4, -0.2) is 35.7 Å². The third-order valence-corrected chi connectivity index (χ3v) is 6.08. The van der Waals surface area contributed by atoms with Gasteiger partial charge in [-0.2, -0.15) is 0 Å². The Balaban J connectivity index is 0.00000121. The molecule has 0 radical (unpaired) electrons. The number of benzene rings is 1. The van der Waals surface area contributed by atoms with Gasteiger partial charge in [0, 0.05) is 49.2 Å². The first-order valence-electron chi connectivity index (χ1n) is 9.29. The number of quaternary nitrogens is 1. The van der Waals surface area contributed by atoms with Crippen molar-refractivity contribution in [1.82, 2.24) is 4.57 Å². The third-order valence-electron chi connectivity index (χ3n) is 6.08. The van der Waals surface area contributed by atoms with Crippen LogP contribution in [0.2, 0.25) is 0 Å². The lowest BCUT2D eigenvalue weighted by atomic mass is 10.1. The molecule has 0 aliphatic carbocycles. The Hall–Kier alpha value is -0.910. The van der Waals surface area contributed by atoms with E-state index in [4.69, 9.17) is 0 Å². The fourth-order valence-electron chi connectivity index (χ4n) is 4.63. The van der Waals surface area contributed by atoms with Crippen LogP contribution in [0.3, 0.4) is 0 Å². The van der Waals surface area contributed by atoms with Crippen molar-refractivity contribution in [1.29, 1.82) is 0 Å². The molecule has 1 aromatic carbocycles. The summed E-state index contributed by atoms with van der Waals surface area (Å²) in [6, 6.07) is 11.0. The van der Waals surface area contributed by atoms with Crippen molar-refractivity contribution in [3.05, 3.63) is 42.2 Å². The maximum absolute atomic E-state index is 2.45. The van der Waals surface area contributed by atoms with Crippen LogP contribution < -0.4 is 38.5 Å². The smallest absolute Gasteiger partial charge is 0.202 e. The average Bonchev–Trinajstić information content (AvgIpc) is 3.13. The predicted octanol–water partition coefficient (Wildman–Crippen LogP) is -2.43. The van der Waals surface area contributed by atoms with E-state index in [9.17, 15) is 0 Å². The maximum Gasteiger partial charge on any atom is 0.202 e. The van der Waals surface area contributed by atoms with Gasteiger partial charge in [-0.3, -0.25) is 0 Å². The van der Waals surface area contributed by atoms with Gasteiger partial charge in [-0.05, 0) is 6.07 Å². The molecule has 142 valence electrons. The Bertz CT molecular complexity index is 895. The number of aromatic nitrogens is 2. The number of likely N-dealkylation sites (tertiary alicyclic amines) is 1. The molecule has 0 unspecified atom stereocenters. The molecular weight excluding hydrogens is 454 g/mol. The Morgan fingerprint density at radius 2 is 1.73 bits per heavy atom. The van der Waals surface area contributed by atoms with Crippen LogP contribution in [0.1, 0.15) is 25.0 Å². The van der Waals surface area contributed by atoms with Gasteiger partial charge in [0.2, 0.25) is 5.69 Å². The topological polar surface area (TPSA) is 8.81 Å². The molecule has 3 nitrogen and oxygen atoms in total. The minimum atomic E-state index is 0. The summed E-state index contributed by atoms with van der Waals surface area (Å²) >= 11 is 0. The van der Waals surface area contributed by atoms with Crippen molar-refractivity contribution in [3.63, 3.8) is 0 Å². The molecule has 0 bridgehead atoms. The van der Waals surface area contributed by atoms with Crippen LogP contribution in [0, 0.1) is 6.92 Å². The molecule has 4 rings (SSSR count). The fourth-order valence-corrected chi connectivity index (χ4v) is 4.63. The molecular formula is C21H29Br2N3. The molecule has 0 atom stereocenters. The number of aryl methyl sites for hydroxylation is 3. The van der Waals surface area contributed by atoms with Crippen molar-refractivity contribution < 1.29 is 43.0 Å². The van der Waals surface area contributed by atoms with Crippen LogP contribution in [0.15, 0.2) is 36.5 Å². The summed E-state index contributed by atoms with van der Waals surface area (Å²) in [5.41, 5.74) is 4.08. The summed E-state index contributed by atoms with van der Waals surface area (Å²) < 4.78 is 6.07. The first-order chi connectivity index (χ1) is 11.6. The van der Waals surface area contributed by atoms with Gasteiger partial charge in [-0.25, -0.2) is 4.57 Å². The third kappa shape index (κ3) is 3.71. The Kier molecular flexibility index (Phi) is 6.92. The van der Waals surface area contributed by atoms with Crippen molar-refractivity contribution in [2.75, 3.05) is 26.7 Å². The molecule has 0 amide bonds. The zero-order valence-corrected chi connectivity index (χ0v) is 19.2. The van der Waals surface area contributed by atoms with Crippen LogP contribution in [0.4, 0.5) is 0 Å². The standard InChI is InChI=1S/C21H29N3.2BrH/c1-17-21-19(18-9-4-5-10-20(18)22(21)2)11-13-23(17)12-8-16-24(3)14-6-7-15-24;;/h4-5,9-11,13H,6-8,12,14-16H2,1-3H3;2*1H/q+2;;/p-2. The van der Waals surface area contributed by atoms with Gasteiger partial charge in [-0.1, -0.05) is 18.2 Å². The predicted molar refractivity (Wildman–Crippen MR) is 100.0 cm³/mol. The van der Waals surface area contributed by atoms with E-state index in [1.807, 2.05) is 0 Å². The number of nitrogens with zero attached hydrogens (tertiary/aromatic N) is 3. The number of halogens is 2. The molecule has 1 fully saturated rings. The number of hydrogen-bond acceptors (Lipinski definition) is 0. The molecule has 5 heteroatoms. The van der Waals surface area contributed by atoms with Gasteiger partial charge in [0.25, 0.3) is 0 Å². The zero-order chi connectivity index (χ0) is 16.7. The minimum absolute atomic E-state index is 0. The molecule has 3 heterocycles. The number of fused-ring (bicyclic) bond motifs is 3. The van der Waals surface area contributed by atoms with Gasteiger partial charge in [0.05, 0.1) is 33.1 Å². The maximum atomic E-state index is 2.45. The van der Waals surface area contributed by atoms with Gasteiger partial charge < -0.3 is 43.0 Å². The second-order valence-corrected chi connectivity index (χ2v) is 7.78. The first-order valence-corrected chi connectivity index (χ1v) is 9.29. The van der Waals surface area contributed by atoms with Crippen LogP contribution >= 0.6 is 0 Å². The summed E-state index contributed by atoms with van der Waals surface area (Å²) in [5, 5.41) is 2.74. The van der Waals surface area contributed by atoms with Crippen molar-refractivity contribution >= 4 is 21.8 Å². The largest absolute Gasteiger partial charge is 1.00 e. The lowest BCUT2D eigenvalue weighted by Gasteiger charge is -2.28. The molecule has 0 spiro atoms. The molecule has 3 aromatic rings. The van der Waals surface area contributed by atoms with E-state index in [1.54, 1.807) is 0 Å². The van der Waals surface area contributed by atoms with Gasteiger partial charge in [0.1, 0.15) is 5.52 Å². The highest BCUT2D eigenvalue weighted by molar-refractivity contribution is 6.08. The molecule has 26 heavy (non-hydrogen) atoms. The van der Waals surface area contributed by atoms with E-state index in [2.05, 4.69) is 66.7 Å². The second kappa shape index (κ2) is 8.41. The highest BCUT2D eigenvalue weighted by atomic mass is 79.9. The van der Waals surface area contributed by atoms with Crippen LogP contribution in [-0.2, 0) is 13.6 Å². The lowest BCUT2D eigenvalue weighted by molar-refractivity contribution is -0.900. The van der Waals surface area contributed by atoms with Gasteiger partial charge >= 0.3 is 0 Å². The van der Waals surface area contributed by atoms with Crippen molar-refractivity contribution in [2.45, 2.75) is 32.7 Å². The summed E-state index contributed by atoms with van der Waals surface area (Å²) in [6.07, 6.45) is 6.36. The van der Waals surface area contributed by atoms with Gasteiger partial charge in [-0.15, -0.1) is 0 Å². The highest BCUT2D eigenvalue weighted by Crippen LogP contribution is 2.28. The molecule has 0 N–H and O–H groups in total. The van der Waals surface area contributed by atoms with E-state index < -0.39 is 0 Å². The minimum Gasteiger partial charge on any atom is -1.00 e. The molecule has 1 saturated heterocycles. The molecule has 0 saturated carbocycles. The van der Waals surface area contributed by atoms with E-state index in [0.29, 0.717) is 0 Å². The van der Waals surface area contributed by atoms with E-state index in [-0.39, 0.29) is 34.0 Å². The molecule has 1 aliphatic rings. The van der Waals surface area contributed by atoms with E-state index in [0.717, 1.165) is 6.54 Å². The SMILES string of the molecule is Cc1c2c(cc[n+]1CCC[N+]1(C)CCCC1)c1ccccc1n2C.[Br-].[Br-]. The van der Waals surface area contributed by atoms with Crippen LogP contribution in [0.25, 0.3) is 21.8 Å². The normalized spacial score (nSPS) is 15.8. The Morgan fingerprint density at radius 1 is 1.04 bits per heavy atom. The van der Waals surface area contributed by atoms with Crippen molar-refractivity contribution in [2.24, 2.45) is 7.05 Å². The van der Waals surface area contributed by atoms with E-state index >= 15 is 0 Å². The lowest BCUT2D eigenvalue weighted by Crippen LogP contribution is -3.00. The van der Waals surface area contributed by atoms with Crippen molar-refractivity contribution in [3.8, 4) is 0 Å². The number of pyridine rings is 1. The summed E-state index contributed by atoms with van der Waals surface area (Å²) in [5.74, 6) is 0. The summed E-state index contributed by atoms with van der Waals surface area (Å²) in [6.45, 7) is 7.43. The second-order valence-electron chi connectivity index (χ2n) is 7.78. The average molecular weight is 483 g/mol. The number of hydrogen-bond donors (Lipinski definition) is 0. The monoisotopic (exact) mass is 481 g/mol. The number of rotatable bonds is 4. The van der Waals surface area contributed by atoms with Gasteiger partial charge in [0.15, 0.2) is 12.7 Å². The zero-order valence-electron chi connectivity index (χ0n) is 16.0. The highest BCUT2D eigenvalue weighted by Gasteiger charge is 2.27. The first kappa shape index (κ1) is 21.4. The number of para-hydroxylation sites is 1. The van der Waals surface area contributed by atoms with Crippen LogP contribution in [0.5, 0.6) is 0 Å². The fraction of sp³-hybridized carbons (Fsp3) is 0.476. The van der Waals surface area contributed by atoms with E-state index in [1.165, 1.54) is 70.9 Å². The molecule has 2 aromatic heterocycles. The Labute approximate surface area is 177 Å². The molecule has 1 aliphatic heterocycles. The Morgan fingerprint density at radius 3 is 2.46 bits per heavy atom. The summed E-state index contributed by atoms with van der Waals surface area (Å²) in [4.78, 5) is 0.